The Bertz CT molecular complexity index is 914. The van der Waals surface area contributed by atoms with Gasteiger partial charge in [0.15, 0.2) is 0 Å². The van der Waals surface area contributed by atoms with Gasteiger partial charge in [-0.15, -0.1) is 0 Å². The van der Waals surface area contributed by atoms with Crippen molar-refractivity contribution >= 4 is 28.5 Å². The Morgan fingerprint density at radius 1 is 1.04 bits per heavy atom. The third-order valence-corrected chi connectivity index (χ3v) is 3.18. The number of anilines is 1. The molecule has 0 aliphatic heterocycles. The fraction of sp³-hybridized carbons (Fsp3) is 0. The molecule has 1 aromatic heterocycles. The van der Waals surface area contributed by atoms with Gasteiger partial charge in [-0.25, -0.2) is 8.78 Å². The maximum absolute atomic E-state index is 13.2. The molecule has 3 N–H and O–H groups in total. The SMILES string of the molecule is NC(=O)c1oc2ccccc2c1NC(=O)c1cc(F)cc(F)c1. The number of hydrogen-bond donors (Lipinski definition) is 2. The number of rotatable bonds is 3. The van der Waals surface area contributed by atoms with Crippen LogP contribution in [0, 0.1) is 11.6 Å². The molecular weight excluding hydrogens is 306 g/mol. The summed E-state index contributed by atoms with van der Waals surface area (Å²) >= 11 is 0. The highest BCUT2D eigenvalue weighted by atomic mass is 19.1. The number of carbonyl (C=O) groups excluding carboxylic acids is 2. The molecule has 0 aliphatic rings. The number of carbonyl (C=O) groups is 2. The average Bonchev–Trinajstić information content (AvgIpc) is 2.85. The van der Waals surface area contributed by atoms with Crippen LogP contribution in [0.2, 0.25) is 0 Å². The standard InChI is InChI=1S/C16H10F2N2O3/c17-9-5-8(6-10(18)7-9)16(22)20-13-11-3-1-2-4-12(11)23-14(13)15(19)21/h1-7H,(H2,19,21)(H,20,22). The normalized spacial score (nSPS) is 10.7. The van der Waals surface area contributed by atoms with Crippen molar-refractivity contribution in [1.82, 2.24) is 0 Å². The molecule has 0 fully saturated rings. The predicted octanol–water partition coefficient (Wildman–Crippen LogP) is 3.06. The Morgan fingerprint density at radius 3 is 2.35 bits per heavy atom. The summed E-state index contributed by atoms with van der Waals surface area (Å²) < 4.78 is 31.7. The van der Waals surface area contributed by atoms with E-state index in [1.54, 1.807) is 24.3 Å². The number of amides is 2. The molecule has 2 aromatic carbocycles. The molecule has 0 aliphatic carbocycles. The van der Waals surface area contributed by atoms with E-state index in [0.29, 0.717) is 17.0 Å². The van der Waals surface area contributed by atoms with Crippen LogP contribution in [0.25, 0.3) is 11.0 Å². The van der Waals surface area contributed by atoms with Crippen molar-refractivity contribution in [3.8, 4) is 0 Å². The third-order valence-electron chi connectivity index (χ3n) is 3.18. The van der Waals surface area contributed by atoms with Gasteiger partial charge >= 0.3 is 0 Å². The molecule has 23 heavy (non-hydrogen) atoms. The molecular formula is C16H10F2N2O3. The predicted molar refractivity (Wildman–Crippen MR) is 79.0 cm³/mol. The van der Waals surface area contributed by atoms with Crippen molar-refractivity contribution in [3.05, 3.63) is 65.4 Å². The highest BCUT2D eigenvalue weighted by molar-refractivity contribution is 6.14. The Morgan fingerprint density at radius 2 is 1.70 bits per heavy atom. The Hall–Kier alpha value is -3.22. The van der Waals surface area contributed by atoms with Crippen LogP contribution in [0.1, 0.15) is 20.9 Å². The number of nitrogens with two attached hydrogens (primary N) is 1. The molecule has 116 valence electrons. The summed E-state index contributed by atoms with van der Waals surface area (Å²) in [5, 5.41) is 2.87. The fourth-order valence-corrected chi connectivity index (χ4v) is 2.21. The van der Waals surface area contributed by atoms with Crippen LogP contribution in [0.4, 0.5) is 14.5 Å². The number of furan rings is 1. The lowest BCUT2D eigenvalue weighted by Crippen LogP contribution is -2.17. The van der Waals surface area contributed by atoms with Gasteiger partial charge in [0.05, 0.1) is 0 Å². The minimum atomic E-state index is -0.887. The zero-order chi connectivity index (χ0) is 16.6. The molecule has 3 aromatic rings. The van der Waals surface area contributed by atoms with Crippen LogP contribution in [-0.2, 0) is 0 Å². The molecule has 0 saturated carbocycles. The zero-order valence-corrected chi connectivity index (χ0v) is 11.6. The van der Waals surface area contributed by atoms with Gasteiger partial charge in [-0.1, -0.05) is 12.1 Å². The molecule has 0 unspecified atom stereocenters. The topological polar surface area (TPSA) is 85.3 Å². The lowest BCUT2D eigenvalue weighted by molar-refractivity contribution is 0.0977. The van der Waals surface area contributed by atoms with Crippen LogP contribution in [0.3, 0.4) is 0 Å². The fourth-order valence-electron chi connectivity index (χ4n) is 2.21. The smallest absolute Gasteiger partial charge is 0.286 e. The first-order valence-electron chi connectivity index (χ1n) is 6.54. The maximum Gasteiger partial charge on any atom is 0.286 e. The zero-order valence-electron chi connectivity index (χ0n) is 11.6. The van der Waals surface area contributed by atoms with Crippen molar-refractivity contribution in [3.63, 3.8) is 0 Å². The maximum atomic E-state index is 13.2. The highest BCUT2D eigenvalue weighted by Crippen LogP contribution is 2.31. The van der Waals surface area contributed by atoms with E-state index in [0.717, 1.165) is 12.1 Å². The van der Waals surface area contributed by atoms with E-state index in [2.05, 4.69) is 5.32 Å². The van der Waals surface area contributed by atoms with E-state index in [4.69, 9.17) is 10.2 Å². The second kappa shape index (κ2) is 5.53. The summed E-state index contributed by atoms with van der Waals surface area (Å²) in [6.45, 7) is 0. The molecule has 0 saturated heterocycles. The lowest BCUT2D eigenvalue weighted by atomic mass is 10.1. The van der Waals surface area contributed by atoms with Gasteiger partial charge in [0.2, 0.25) is 5.76 Å². The van der Waals surface area contributed by atoms with E-state index >= 15 is 0 Å². The summed E-state index contributed by atoms with van der Waals surface area (Å²) in [5.41, 5.74) is 5.41. The highest BCUT2D eigenvalue weighted by Gasteiger charge is 2.21. The summed E-state index contributed by atoms with van der Waals surface area (Å²) in [6, 6.07) is 8.99. The van der Waals surface area contributed by atoms with Gasteiger partial charge < -0.3 is 15.5 Å². The molecule has 7 heteroatoms. The monoisotopic (exact) mass is 316 g/mol. The van der Waals surface area contributed by atoms with E-state index in [1.165, 1.54) is 0 Å². The van der Waals surface area contributed by atoms with Crippen LogP contribution in [0.15, 0.2) is 46.9 Å². The van der Waals surface area contributed by atoms with Gasteiger partial charge in [0, 0.05) is 17.0 Å². The molecule has 0 radical (unpaired) electrons. The Labute approximate surface area is 128 Å². The first-order valence-corrected chi connectivity index (χ1v) is 6.54. The largest absolute Gasteiger partial charge is 0.449 e. The van der Waals surface area contributed by atoms with Gasteiger partial charge in [-0.3, -0.25) is 9.59 Å². The summed E-state index contributed by atoms with van der Waals surface area (Å²) in [4.78, 5) is 23.7. The molecule has 0 atom stereocenters. The van der Waals surface area contributed by atoms with Crippen LogP contribution in [0.5, 0.6) is 0 Å². The summed E-state index contributed by atoms with van der Waals surface area (Å²) in [5.74, 6) is -3.68. The molecule has 0 bridgehead atoms. The number of para-hydroxylation sites is 1. The number of nitrogens with one attached hydrogen (secondary N) is 1. The third kappa shape index (κ3) is 2.76. The van der Waals surface area contributed by atoms with Gasteiger partial charge in [-0.2, -0.15) is 0 Å². The number of primary amides is 1. The van der Waals surface area contributed by atoms with Crippen LogP contribution >= 0.6 is 0 Å². The van der Waals surface area contributed by atoms with Crippen molar-refractivity contribution in [1.29, 1.82) is 0 Å². The van der Waals surface area contributed by atoms with Gasteiger partial charge in [0.1, 0.15) is 22.9 Å². The first kappa shape index (κ1) is 14.7. The summed E-state index contributed by atoms with van der Waals surface area (Å²) in [6.07, 6.45) is 0. The average molecular weight is 316 g/mol. The summed E-state index contributed by atoms with van der Waals surface area (Å²) in [7, 11) is 0. The van der Waals surface area contributed by atoms with Gasteiger partial charge in [-0.05, 0) is 24.3 Å². The number of hydrogen-bond acceptors (Lipinski definition) is 3. The minimum Gasteiger partial charge on any atom is -0.449 e. The van der Waals surface area contributed by atoms with E-state index < -0.39 is 23.4 Å². The molecule has 0 spiro atoms. The van der Waals surface area contributed by atoms with E-state index in [9.17, 15) is 18.4 Å². The number of halogens is 2. The number of benzene rings is 2. The Balaban J connectivity index is 2.05. The minimum absolute atomic E-state index is 0.0581. The molecule has 2 amide bonds. The second-order valence-corrected chi connectivity index (χ2v) is 4.78. The molecule has 5 nitrogen and oxygen atoms in total. The van der Waals surface area contributed by atoms with Crippen molar-refractivity contribution in [2.45, 2.75) is 0 Å². The van der Waals surface area contributed by atoms with E-state index in [1.807, 2.05) is 0 Å². The van der Waals surface area contributed by atoms with Gasteiger partial charge in [0.25, 0.3) is 11.8 Å². The first-order chi connectivity index (χ1) is 11.0. The van der Waals surface area contributed by atoms with E-state index in [-0.39, 0.29) is 17.0 Å². The van der Waals surface area contributed by atoms with Crippen molar-refractivity contribution in [2.75, 3.05) is 5.32 Å². The number of fused-ring (bicyclic) bond motifs is 1. The van der Waals surface area contributed by atoms with Crippen molar-refractivity contribution in [2.24, 2.45) is 5.73 Å². The van der Waals surface area contributed by atoms with Crippen LogP contribution in [-0.4, -0.2) is 11.8 Å². The second-order valence-electron chi connectivity index (χ2n) is 4.78. The lowest BCUT2D eigenvalue weighted by Gasteiger charge is -2.05. The molecule has 1 heterocycles. The quantitative estimate of drug-likeness (QED) is 0.778. The van der Waals surface area contributed by atoms with Crippen LogP contribution < -0.4 is 11.1 Å². The van der Waals surface area contributed by atoms with Crippen molar-refractivity contribution < 1.29 is 22.8 Å². The molecule has 3 rings (SSSR count). The Kier molecular flexibility index (Phi) is 3.53.